The Morgan fingerprint density at radius 2 is 1.72 bits per heavy atom. The topological polar surface area (TPSA) is 61.8 Å². The molecule has 2 fully saturated rings. The molecular weight excluding hydrogens is 448 g/mol. The normalized spacial score (nSPS) is 23.6. The Morgan fingerprint density at radius 1 is 1.00 bits per heavy atom. The van der Waals surface area contributed by atoms with Crippen molar-refractivity contribution in [2.75, 3.05) is 42.5 Å². The van der Waals surface area contributed by atoms with Crippen molar-refractivity contribution in [2.45, 2.75) is 51.4 Å². The number of nitrogens with two attached hydrogens (primary N) is 2. The van der Waals surface area contributed by atoms with Gasteiger partial charge in [-0.05, 0) is 64.0 Å². The summed E-state index contributed by atoms with van der Waals surface area (Å²) in [4.78, 5) is 7.28. The van der Waals surface area contributed by atoms with Crippen molar-refractivity contribution >= 4 is 40.3 Å². The summed E-state index contributed by atoms with van der Waals surface area (Å²) in [5, 5.41) is 1.05. The lowest BCUT2D eigenvalue weighted by atomic mass is 9.97. The van der Waals surface area contributed by atoms with Crippen molar-refractivity contribution in [2.24, 2.45) is 0 Å². The first-order valence-electron chi connectivity index (χ1n) is 11.3. The number of likely N-dealkylation sites (tertiary alicyclic amines) is 1. The van der Waals surface area contributed by atoms with Gasteiger partial charge in [-0.3, -0.25) is 9.80 Å². The minimum atomic E-state index is -0.223. The number of halogens is 3. The zero-order valence-corrected chi connectivity index (χ0v) is 20.2. The van der Waals surface area contributed by atoms with E-state index in [9.17, 15) is 4.39 Å². The Kier molecular flexibility index (Phi) is 7.06. The maximum Gasteiger partial charge on any atom is 0.129 e. The van der Waals surface area contributed by atoms with Crippen LogP contribution in [0.5, 0.6) is 0 Å². The number of hydrogen-bond acceptors (Lipinski definition) is 5. The number of anilines is 3. The van der Waals surface area contributed by atoms with Crippen molar-refractivity contribution in [3.8, 4) is 0 Å². The highest BCUT2D eigenvalue weighted by atomic mass is 35.5. The average molecular weight is 480 g/mol. The van der Waals surface area contributed by atoms with Crippen LogP contribution in [0.4, 0.5) is 21.5 Å². The maximum atomic E-state index is 14.2. The standard InChI is InChI=1S/C24H32Cl2FN5/c1-15-13-32(24-21(26)10-19(28)11-23(24)29)16(2)12-31(15)20-5-7-30(8-6-20)14-17-3-4-18(25)9-22(17)27/h3-4,9-11,15-16,20H,5-8,12-14,28-29H2,1-2H3/t15-,16+/m0/s1. The molecule has 0 aliphatic carbocycles. The zero-order chi connectivity index (χ0) is 23.0. The molecule has 8 heteroatoms. The lowest BCUT2D eigenvalue weighted by Crippen LogP contribution is -2.60. The summed E-state index contributed by atoms with van der Waals surface area (Å²) in [7, 11) is 0. The summed E-state index contributed by atoms with van der Waals surface area (Å²) in [6, 6.07) is 9.70. The molecule has 2 atom stereocenters. The molecule has 5 nitrogen and oxygen atoms in total. The quantitative estimate of drug-likeness (QED) is 0.612. The lowest BCUT2D eigenvalue weighted by molar-refractivity contribution is 0.0586. The van der Waals surface area contributed by atoms with E-state index in [1.165, 1.54) is 6.07 Å². The van der Waals surface area contributed by atoms with Gasteiger partial charge in [0.2, 0.25) is 0 Å². The molecule has 0 saturated carbocycles. The molecule has 0 spiro atoms. The molecule has 2 aliphatic heterocycles. The minimum Gasteiger partial charge on any atom is -0.399 e. The molecule has 4 rings (SSSR count). The van der Waals surface area contributed by atoms with Crippen molar-refractivity contribution in [1.29, 1.82) is 0 Å². The molecule has 0 radical (unpaired) electrons. The maximum absolute atomic E-state index is 14.2. The van der Waals surface area contributed by atoms with Crippen molar-refractivity contribution in [3.63, 3.8) is 0 Å². The number of hydrogen-bond donors (Lipinski definition) is 2. The van der Waals surface area contributed by atoms with E-state index >= 15 is 0 Å². The summed E-state index contributed by atoms with van der Waals surface area (Å²) < 4.78 is 14.2. The summed E-state index contributed by atoms with van der Waals surface area (Å²) in [6.45, 7) is 8.88. The molecule has 0 amide bonds. The highest BCUT2D eigenvalue weighted by Crippen LogP contribution is 2.38. The number of benzene rings is 2. The lowest BCUT2D eigenvalue weighted by Gasteiger charge is -2.50. The van der Waals surface area contributed by atoms with E-state index in [0.29, 0.717) is 45.6 Å². The van der Waals surface area contributed by atoms with Crippen LogP contribution in [0.15, 0.2) is 30.3 Å². The van der Waals surface area contributed by atoms with Gasteiger partial charge in [0.05, 0.1) is 16.4 Å². The van der Waals surface area contributed by atoms with Crippen LogP contribution in [0.3, 0.4) is 0 Å². The van der Waals surface area contributed by atoms with E-state index in [2.05, 4.69) is 28.5 Å². The van der Waals surface area contributed by atoms with Gasteiger partial charge in [0.25, 0.3) is 0 Å². The molecule has 0 unspecified atom stereocenters. The number of piperazine rings is 1. The third kappa shape index (κ3) is 4.93. The number of nitrogen functional groups attached to an aromatic ring is 2. The van der Waals surface area contributed by atoms with E-state index < -0.39 is 0 Å². The van der Waals surface area contributed by atoms with Gasteiger partial charge in [0.15, 0.2) is 0 Å². The molecule has 2 aromatic rings. The van der Waals surface area contributed by atoms with E-state index in [1.54, 1.807) is 24.3 Å². The number of nitrogens with zero attached hydrogens (tertiary/aromatic N) is 3. The van der Waals surface area contributed by atoms with Crippen LogP contribution >= 0.6 is 23.2 Å². The Labute approximate surface area is 200 Å². The van der Waals surface area contributed by atoms with Gasteiger partial charge in [-0.25, -0.2) is 4.39 Å². The molecule has 2 aromatic carbocycles. The smallest absolute Gasteiger partial charge is 0.129 e. The summed E-state index contributed by atoms with van der Waals surface area (Å²) >= 11 is 12.4. The molecule has 0 bridgehead atoms. The molecule has 2 heterocycles. The van der Waals surface area contributed by atoms with Crippen LogP contribution < -0.4 is 16.4 Å². The second-order valence-electron chi connectivity index (χ2n) is 9.23. The van der Waals surface area contributed by atoms with Gasteiger partial charge < -0.3 is 16.4 Å². The van der Waals surface area contributed by atoms with Gasteiger partial charge >= 0.3 is 0 Å². The van der Waals surface area contributed by atoms with Gasteiger partial charge in [-0.1, -0.05) is 29.3 Å². The monoisotopic (exact) mass is 479 g/mol. The SMILES string of the molecule is C[C@@H]1CN(C2CCN(Cc3ccc(Cl)cc3F)CC2)[C@@H](C)CN1c1c(N)cc(N)cc1Cl. The minimum absolute atomic E-state index is 0.223. The van der Waals surface area contributed by atoms with Crippen molar-refractivity contribution in [1.82, 2.24) is 9.80 Å². The Morgan fingerprint density at radius 3 is 2.38 bits per heavy atom. The van der Waals surface area contributed by atoms with Crippen LogP contribution in [0.1, 0.15) is 32.3 Å². The van der Waals surface area contributed by atoms with Crippen LogP contribution in [-0.2, 0) is 6.54 Å². The molecule has 4 N–H and O–H groups in total. The first-order valence-corrected chi connectivity index (χ1v) is 12.0. The molecule has 2 saturated heterocycles. The van der Waals surface area contributed by atoms with E-state index in [1.807, 2.05) is 0 Å². The Hall–Kier alpha value is -1.73. The van der Waals surface area contributed by atoms with Crippen molar-refractivity contribution < 1.29 is 4.39 Å². The summed E-state index contributed by atoms with van der Waals surface area (Å²) in [6.07, 6.45) is 2.16. The summed E-state index contributed by atoms with van der Waals surface area (Å²) in [5.74, 6) is -0.223. The van der Waals surface area contributed by atoms with E-state index in [-0.39, 0.29) is 11.9 Å². The number of piperidine rings is 1. The van der Waals surface area contributed by atoms with Crippen molar-refractivity contribution in [3.05, 3.63) is 51.8 Å². The second-order valence-corrected chi connectivity index (χ2v) is 10.1. The molecular formula is C24H32Cl2FN5. The van der Waals surface area contributed by atoms with Crippen LogP contribution in [0.25, 0.3) is 0 Å². The molecule has 2 aliphatic rings. The predicted octanol–water partition coefficient (Wildman–Crippen LogP) is 4.86. The third-order valence-electron chi connectivity index (χ3n) is 6.87. The zero-order valence-electron chi connectivity index (χ0n) is 18.7. The fourth-order valence-corrected chi connectivity index (χ4v) is 5.72. The largest absolute Gasteiger partial charge is 0.399 e. The average Bonchev–Trinajstić information content (AvgIpc) is 2.72. The van der Waals surface area contributed by atoms with Gasteiger partial charge in [0.1, 0.15) is 5.82 Å². The van der Waals surface area contributed by atoms with E-state index in [0.717, 1.165) is 44.7 Å². The fourth-order valence-electron chi connectivity index (χ4n) is 5.22. The predicted molar refractivity (Wildman–Crippen MR) is 133 cm³/mol. The van der Waals surface area contributed by atoms with Crippen LogP contribution in [0, 0.1) is 5.82 Å². The van der Waals surface area contributed by atoms with Gasteiger partial charge in [0, 0.05) is 54.0 Å². The van der Waals surface area contributed by atoms with Gasteiger partial charge in [-0.2, -0.15) is 0 Å². The summed E-state index contributed by atoms with van der Waals surface area (Å²) in [5.41, 5.74) is 15.0. The van der Waals surface area contributed by atoms with Crippen LogP contribution in [-0.4, -0.2) is 54.1 Å². The second kappa shape index (κ2) is 9.64. The van der Waals surface area contributed by atoms with E-state index in [4.69, 9.17) is 34.7 Å². The first kappa shape index (κ1) is 23.4. The fraction of sp³-hybridized carbons (Fsp3) is 0.500. The molecule has 0 aromatic heterocycles. The third-order valence-corrected chi connectivity index (χ3v) is 7.40. The highest BCUT2D eigenvalue weighted by Gasteiger charge is 2.36. The highest BCUT2D eigenvalue weighted by molar-refractivity contribution is 6.34. The van der Waals surface area contributed by atoms with Crippen LogP contribution in [0.2, 0.25) is 10.0 Å². The number of rotatable bonds is 4. The molecule has 174 valence electrons. The Bertz CT molecular complexity index is 940. The Balaban J connectivity index is 1.37. The molecule has 32 heavy (non-hydrogen) atoms. The first-order chi connectivity index (χ1) is 15.2. The van der Waals surface area contributed by atoms with Gasteiger partial charge in [-0.15, -0.1) is 0 Å².